The molecule has 166 valence electrons. The molecule has 1 aliphatic rings. The first-order valence-electron chi connectivity index (χ1n) is 8.95. The third-order valence-corrected chi connectivity index (χ3v) is 4.93. The Hall–Kier alpha value is -3.09. The van der Waals surface area contributed by atoms with Gasteiger partial charge in [-0.25, -0.2) is 4.98 Å². The normalized spacial score (nSPS) is 18.3. The predicted molar refractivity (Wildman–Crippen MR) is 93.1 cm³/mol. The van der Waals surface area contributed by atoms with E-state index in [2.05, 4.69) is 15.1 Å². The fourth-order valence-corrected chi connectivity index (χ4v) is 3.35. The molecule has 3 aromatic rings. The van der Waals surface area contributed by atoms with Crippen LogP contribution in [-0.2, 0) is 18.3 Å². The van der Waals surface area contributed by atoms with Crippen molar-refractivity contribution in [3.63, 3.8) is 0 Å². The van der Waals surface area contributed by atoms with Crippen molar-refractivity contribution in [3.05, 3.63) is 42.1 Å². The summed E-state index contributed by atoms with van der Waals surface area (Å²) in [6.07, 6.45) is -7.48. The Balaban J connectivity index is 1.70. The summed E-state index contributed by atoms with van der Waals surface area (Å²) in [5, 5.41) is 14.2. The van der Waals surface area contributed by atoms with Crippen LogP contribution in [0.4, 0.5) is 26.3 Å². The lowest BCUT2D eigenvalue weighted by Crippen LogP contribution is -2.42. The summed E-state index contributed by atoms with van der Waals surface area (Å²) in [4.78, 5) is 7.04. The highest BCUT2D eigenvalue weighted by Gasteiger charge is 2.55. The van der Waals surface area contributed by atoms with Gasteiger partial charge in [-0.1, -0.05) is 0 Å². The standard InChI is InChI=1S/C18H15F6N5O2/c1-9-8-28-11(12-7-26-15(29(9)12)16(2,30)18(22,23)24)6-14(27-28)31-10-3-4-25-13(5-10)17(19,20)21/h3-7,9,30H,8H2,1-2H3/t9-,16?/m0/s1. The third kappa shape index (κ3) is 3.52. The zero-order valence-electron chi connectivity index (χ0n) is 16.0. The molecule has 0 saturated heterocycles. The molecule has 0 amide bonds. The molecule has 0 radical (unpaired) electrons. The van der Waals surface area contributed by atoms with Crippen molar-refractivity contribution in [3.8, 4) is 23.0 Å². The number of pyridine rings is 1. The van der Waals surface area contributed by atoms with Crippen molar-refractivity contribution in [1.82, 2.24) is 24.3 Å². The zero-order valence-corrected chi connectivity index (χ0v) is 16.0. The highest BCUT2D eigenvalue weighted by Crippen LogP contribution is 2.42. The van der Waals surface area contributed by atoms with Gasteiger partial charge in [0, 0.05) is 18.3 Å². The van der Waals surface area contributed by atoms with Crippen molar-refractivity contribution in [2.24, 2.45) is 0 Å². The lowest BCUT2D eigenvalue weighted by atomic mass is 10.0. The molecule has 2 atom stereocenters. The first-order chi connectivity index (χ1) is 14.3. The second-order valence-electron chi connectivity index (χ2n) is 7.28. The minimum absolute atomic E-state index is 0.0553. The second-order valence-corrected chi connectivity index (χ2v) is 7.28. The van der Waals surface area contributed by atoms with E-state index in [9.17, 15) is 31.4 Å². The molecule has 1 unspecified atom stereocenters. The first-order valence-corrected chi connectivity index (χ1v) is 8.95. The lowest BCUT2D eigenvalue weighted by Gasteiger charge is -2.31. The summed E-state index contributed by atoms with van der Waals surface area (Å²) in [6, 6.07) is 2.77. The largest absolute Gasteiger partial charge is 0.437 e. The van der Waals surface area contributed by atoms with Gasteiger partial charge in [0.15, 0.2) is 5.82 Å². The number of aromatic nitrogens is 5. The van der Waals surface area contributed by atoms with Crippen molar-refractivity contribution >= 4 is 0 Å². The van der Waals surface area contributed by atoms with Crippen LogP contribution in [0.1, 0.15) is 31.4 Å². The molecule has 0 saturated carbocycles. The Labute approximate surface area is 170 Å². The predicted octanol–water partition coefficient (Wildman–Crippen LogP) is 4.30. The van der Waals surface area contributed by atoms with E-state index in [-0.39, 0.29) is 23.9 Å². The molecule has 1 aliphatic heterocycles. The van der Waals surface area contributed by atoms with Crippen molar-refractivity contribution in [2.45, 2.75) is 44.4 Å². The number of rotatable bonds is 3. The van der Waals surface area contributed by atoms with Crippen LogP contribution in [0.5, 0.6) is 11.6 Å². The van der Waals surface area contributed by atoms with Gasteiger partial charge in [-0.2, -0.15) is 26.3 Å². The average molecular weight is 447 g/mol. The molecule has 7 nitrogen and oxygen atoms in total. The highest BCUT2D eigenvalue weighted by molar-refractivity contribution is 5.59. The highest BCUT2D eigenvalue weighted by atomic mass is 19.4. The van der Waals surface area contributed by atoms with E-state index in [1.807, 2.05) is 0 Å². The Morgan fingerprint density at radius 1 is 1.10 bits per heavy atom. The molecule has 0 spiro atoms. The number of nitrogens with zero attached hydrogens (tertiary/aromatic N) is 5. The molecule has 13 heteroatoms. The maximum absolute atomic E-state index is 13.3. The van der Waals surface area contributed by atoms with Crippen LogP contribution in [-0.4, -0.2) is 35.6 Å². The molecule has 4 heterocycles. The molecule has 3 aromatic heterocycles. The van der Waals surface area contributed by atoms with E-state index in [0.717, 1.165) is 6.20 Å². The maximum Gasteiger partial charge on any atom is 0.433 e. The molecular formula is C18H15F6N5O2. The number of hydrogen-bond donors (Lipinski definition) is 1. The van der Waals surface area contributed by atoms with Gasteiger partial charge in [-0.3, -0.25) is 9.67 Å². The molecule has 0 aliphatic carbocycles. The summed E-state index contributed by atoms with van der Waals surface area (Å²) in [7, 11) is 0. The maximum atomic E-state index is 13.3. The Morgan fingerprint density at radius 2 is 1.81 bits per heavy atom. The summed E-state index contributed by atoms with van der Waals surface area (Å²) in [5.74, 6) is -0.776. The van der Waals surface area contributed by atoms with E-state index in [4.69, 9.17) is 4.74 Å². The smallest absolute Gasteiger partial charge is 0.433 e. The van der Waals surface area contributed by atoms with Crippen LogP contribution in [0, 0.1) is 0 Å². The molecule has 0 bridgehead atoms. The number of ether oxygens (including phenoxy) is 1. The van der Waals surface area contributed by atoms with E-state index >= 15 is 0 Å². The van der Waals surface area contributed by atoms with Crippen LogP contribution in [0.15, 0.2) is 30.6 Å². The van der Waals surface area contributed by atoms with Gasteiger partial charge in [-0.05, 0) is 19.9 Å². The van der Waals surface area contributed by atoms with Gasteiger partial charge in [0.25, 0.3) is 0 Å². The van der Waals surface area contributed by atoms with E-state index in [1.165, 1.54) is 27.6 Å². The van der Waals surface area contributed by atoms with Gasteiger partial charge in [0.2, 0.25) is 11.5 Å². The Bertz CT molecular complexity index is 1130. The quantitative estimate of drug-likeness (QED) is 0.606. The van der Waals surface area contributed by atoms with Gasteiger partial charge < -0.3 is 14.4 Å². The van der Waals surface area contributed by atoms with Crippen LogP contribution in [0.25, 0.3) is 11.4 Å². The molecule has 4 rings (SSSR count). The molecule has 0 aromatic carbocycles. The number of alkyl halides is 6. The number of imidazole rings is 1. The van der Waals surface area contributed by atoms with Crippen LogP contribution in [0.3, 0.4) is 0 Å². The van der Waals surface area contributed by atoms with E-state index in [0.29, 0.717) is 18.7 Å². The number of aliphatic hydroxyl groups is 1. The van der Waals surface area contributed by atoms with Crippen molar-refractivity contribution in [2.75, 3.05) is 0 Å². The second kappa shape index (κ2) is 6.70. The zero-order chi connectivity index (χ0) is 22.8. The number of halogens is 6. The average Bonchev–Trinajstić information content (AvgIpc) is 3.24. The molecule has 0 fully saturated rings. The van der Waals surface area contributed by atoms with Gasteiger partial charge in [0.05, 0.1) is 30.2 Å². The molecular weight excluding hydrogens is 432 g/mol. The van der Waals surface area contributed by atoms with Crippen molar-refractivity contribution < 1.29 is 36.2 Å². The van der Waals surface area contributed by atoms with E-state index < -0.39 is 35.5 Å². The Morgan fingerprint density at radius 3 is 2.45 bits per heavy atom. The van der Waals surface area contributed by atoms with Crippen LogP contribution < -0.4 is 4.74 Å². The minimum Gasteiger partial charge on any atom is -0.437 e. The fourth-order valence-electron chi connectivity index (χ4n) is 3.35. The van der Waals surface area contributed by atoms with Gasteiger partial charge in [0.1, 0.15) is 11.4 Å². The summed E-state index contributed by atoms with van der Waals surface area (Å²) < 4.78 is 86.6. The van der Waals surface area contributed by atoms with Crippen LogP contribution >= 0.6 is 0 Å². The van der Waals surface area contributed by atoms with Gasteiger partial charge >= 0.3 is 12.4 Å². The first kappa shape index (κ1) is 21.2. The number of fused-ring (bicyclic) bond motifs is 3. The third-order valence-electron chi connectivity index (χ3n) is 4.93. The van der Waals surface area contributed by atoms with E-state index in [1.54, 1.807) is 6.92 Å². The summed E-state index contributed by atoms with van der Waals surface area (Å²) >= 11 is 0. The summed E-state index contributed by atoms with van der Waals surface area (Å²) in [5.41, 5.74) is -3.72. The topological polar surface area (TPSA) is 78.0 Å². The van der Waals surface area contributed by atoms with Crippen molar-refractivity contribution in [1.29, 1.82) is 0 Å². The monoisotopic (exact) mass is 447 g/mol. The SMILES string of the molecule is C[C@H]1Cn2nc(Oc3ccnc(C(F)(F)F)c3)cc2-c2cnc(C(C)(O)C(F)(F)F)n21. The lowest BCUT2D eigenvalue weighted by molar-refractivity contribution is -0.262. The summed E-state index contributed by atoms with van der Waals surface area (Å²) in [6.45, 7) is 2.38. The number of hydrogen-bond acceptors (Lipinski definition) is 5. The Kier molecular flexibility index (Phi) is 4.57. The van der Waals surface area contributed by atoms with Crippen LogP contribution in [0.2, 0.25) is 0 Å². The molecule has 1 N–H and O–H groups in total. The van der Waals surface area contributed by atoms with Gasteiger partial charge in [-0.15, -0.1) is 5.10 Å². The fraction of sp³-hybridized carbons (Fsp3) is 0.389. The molecule has 31 heavy (non-hydrogen) atoms. The minimum atomic E-state index is -4.95.